The number of nitrogens with two attached hydrogens (primary N) is 1. The van der Waals surface area contributed by atoms with Gasteiger partial charge in [0.05, 0.1) is 6.04 Å². The Balaban J connectivity index is 2.46. The average Bonchev–Trinajstić information content (AvgIpc) is 2.88. The molecule has 0 spiro atoms. The molecule has 1 heterocycles. The molecule has 2 rings (SSSR count). The normalized spacial score (nSPS) is 12.6. The first kappa shape index (κ1) is 13.5. The van der Waals surface area contributed by atoms with E-state index in [0.29, 0.717) is 6.04 Å². The van der Waals surface area contributed by atoms with E-state index in [9.17, 15) is 0 Å². The van der Waals surface area contributed by atoms with Crippen LogP contribution in [0.5, 0.6) is 0 Å². The Morgan fingerprint density at radius 3 is 2.79 bits per heavy atom. The third kappa shape index (κ3) is 2.59. The Hall–Kier alpha value is -1.91. The summed E-state index contributed by atoms with van der Waals surface area (Å²) < 4.78 is 1.91. The van der Waals surface area contributed by atoms with Crippen molar-refractivity contribution >= 4 is 5.69 Å². The number of para-hydroxylation sites is 1. The molecule has 1 aromatic carbocycles. The van der Waals surface area contributed by atoms with E-state index in [1.807, 2.05) is 29.8 Å². The van der Waals surface area contributed by atoms with Crippen LogP contribution in [0.2, 0.25) is 0 Å². The van der Waals surface area contributed by atoms with Gasteiger partial charge in [0, 0.05) is 11.3 Å². The maximum atomic E-state index is 6.15. The molecule has 0 radical (unpaired) electrons. The minimum atomic E-state index is 0.329. The van der Waals surface area contributed by atoms with Crippen LogP contribution in [0.4, 0.5) is 5.69 Å². The van der Waals surface area contributed by atoms with Crippen molar-refractivity contribution < 1.29 is 0 Å². The van der Waals surface area contributed by atoms with E-state index in [-0.39, 0.29) is 0 Å². The molecular weight excluding hydrogens is 238 g/mol. The van der Waals surface area contributed by atoms with Gasteiger partial charge >= 0.3 is 0 Å². The monoisotopic (exact) mass is 259 g/mol. The van der Waals surface area contributed by atoms with Crippen LogP contribution in [0, 0.1) is 6.92 Å². The number of rotatable bonds is 5. The molecular formula is C14H21N5. The zero-order chi connectivity index (χ0) is 13.8. The van der Waals surface area contributed by atoms with Crippen molar-refractivity contribution in [3.63, 3.8) is 0 Å². The molecule has 0 fully saturated rings. The van der Waals surface area contributed by atoms with Gasteiger partial charge < -0.3 is 5.73 Å². The van der Waals surface area contributed by atoms with E-state index in [2.05, 4.69) is 29.4 Å². The summed E-state index contributed by atoms with van der Waals surface area (Å²) >= 11 is 0. The molecule has 0 amide bonds. The maximum absolute atomic E-state index is 6.15. The first-order valence-electron chi connectivity index (χ1n) is 6.82. The summed E-state index contributed by atoms with van der Waals surface area (Å²) in [6, 6.07) is 6.29. The minimum Gasteiger partial charge on any atom is -0.398 e. The van der Waals surface area contributed by atoms with Gasteiger partial charge in [0.1, 0.15) is 0 Å². The number of hydrogen-bond donors (Lipinski definition) is 1. The molecule has 0 saturated carbocycles. The fraction of sp³-hybridized carbons (Fsp3) is 0.500. The molecule has 0 aliphatic rings. The van der Waals surface area contributed by atoms with E-state index in [1.54, 1.807) is 0 Å². The van der Waals surface area contributed by atoms with Crippen LogP contribution in [0.1, 0.15) is 44.7 Å². The highest BCUT2D eigenvalue weighted by atomic mass is 15.5. The molecule has 2 N–H and O–H groups in total. The summed E-state index contributed by atoms with van der Waals surface area (Å²) in [6.07, 6.45) is 3.19. The average molecular weight is 259 g/mol. The van der Waals surface area contributed by atoms with Gasteiger partial charge in [-0.2, -0.15) is 0 Å². The molecule has 0 aliphatic heterocycles. The van der Waals surface area contributed by atoms with Crippen LogP contribution in [0.3, 0.4) is 0 Å². The van der Waals surface area contributed by atoms with Crippen molar-refractivity contribution in [2.24, 2.45) is 0 Å². The number of aromatic nitrogens is 4. The lowest BCUT2D eigenvalue weighted by molar-refractivity contribution is 0.404. The Kier molecular flexibility index (Phi) is 4.14. The van der Waals surface area contributed by atoms with Gasteiger partial charge in [-0.1, -0.05) is 32.4 Å². The predicted octanol–water partition coefficient (Wildman–Crippen LogP) is 2.98. The summed E-state index contributed by atoms with van der Waals surface area (Å²) in [5, 5.41) is 12.1. The van der Waals surface area contributed by atoms with Crippen molar-refractivity contribution in [3.8, 4) is 11.4 Å². The lowest BCUT2D eigenvalue weighted by atomic mass is 10.1. The standard InChI is InChI=1S/C14H21N5/c1-4-7-11(5-2)19-14(16-17-18-19)12-9-6-8-10(3)13(12)15/h6,8-9,11H,4-5,7,15H2,1-3H3. The predicted molar refractivity (Wildman–Crippen MR) is 76.6 cm³/mol. The molecule has 102 valence electrons. The van der Waals surface area contributed by atoms with Crippen molar-refractivity contribution in [3.05, 3.63) is 23.8 Å². The Morgan fingerprint density at radius 2 is 2.11 bits per heavy atom. The second-order valence-corrected chi connectivity index (χ2v) is 4.83. The van der Waals surface area contributed by atoms with Crippen molar-refractivity contribution in [1.82, 2.24) is 20.2 Å². The van der Waals surface area contributed by atoms with Crippen LogP contribution < -0.4 is 5.73 Å². The van der Waals surface area contributed by atoms with E-state index >= 15 is 0 Å². The molecule has 0 aliphatic carbocycles. The molecule has 5 heteroatoms. The van der Waals surface area contributed by atoms with Crippen molar-refractivity contribution in [2.75, 3.05) is 5.73 Å². The fourth-order valence-electron chi connectivity index (χ4n) is 2.33. The maximum Gasteiger partial charge on any atom is 0.184 e. The summed E-state index contributed by atoms with van der Waals surface area (Å²) in [5.41, 5.74) is 8.87. The summed E-state index contributed by atoms with van der Waals surface area (Å²) in [7, 11) is 0. The van der Waals surface area contributed by atoms with Gasteiger partial charge in [0.15, 0.2) is 5.82 Å². The number of benzene rings is 1. The van der Waals surface area contributed by atoms with Crippen LogP contribution in [0.25, 0.3) is 11.4 Å². The number of anilines is 1. The van der Waals surface area contributed by atoms with Gasteiger partial charge in [-0.25, -0.2) is 4.68 Å². The Morgan fingerprint density at radius 1 is 1.32 bits per heavy atom. The molecule has 2 aromatic rings. The molecule has 5 nitrogen and oxygen atoms in total. The number of nitrogens with zero attached hydrogens (tertiary/aromatic N) is 4. The quantitative estimate of drug-likeness (QED) is 0.838. The third-order valence-electron chi connectivity index (χ3n) is 3.50. The minimum absolute atomic E-state index is 0.329. The summed E-state index contributed by atoms with van der Waals surface area (Å²) in [5.74, 6) is 0.765. The zero-order valence-corrected chi connectivity index (χ0v) is 11.8. The van der Waals surface area contributed by atoms with E-state index < -0.39 is 0 Å². The second kappa shape index (κ2) is 5.82. The smallest absolute Gasteiger partial charge is 0.184 e. The highest BCUT2D eigenvalue weighted by molar-refractivity contribution is 5.74. The van der Waals surface area contributed by atoms with Gasteiger partial charge in [-0.15, -0.1) is 5.10 Å². The Labute approximate surface area is 113 Å². The highest BCUT2D eigenvalue weighted by Gasteiger charge is 2.18. The topological polar surface area (TPSA) is 69.6 Å². The van der Waals surface area contributed by atoms with Crippen LogP contribution in [0.15, 0.2) is 18.2 Å². The first-order valence-corrected chi connectivity index (χ1v) is 6.82. The second-order valence-electron chi connectivity index (χ2n) is 4.83. The summed E-state index contributed by atoms with van der Waals surface area (Å²) in [4.78, 5) is 0. The van der Waals surface area contributed by atoms with E-state index in [0.717, 1.165) is 41.9 Å². The number of nitrogen functional groups attached to an aromatic ring is 1. The van der Waals surface area contributed by atoms with Crippen LogP contribution in [-0.2, 0) is 0 Å². The molecule has 1 aromatic heterocycles. The SMILES string of the molecule is CCCC(CC)n1nnnc1-c1cccc(C)c1N. The molecule has 0 bridgehead atoms. The molecule has 19 heavy (non-hydrogen) atoms. The molecule has 1 unspecified atom stereocenters. The van der Waals surface area contributed by atoms with Gasteiger partial charge in [-0.3, -0.25) is 0 Å². The largest absolute Gasteiger partial charge is 0.398 e. The highest BCUT2D eigenvalue weighted by Crippen LogP contribution is 2.29. The summed E-state index contributed by atoms with van der Waals surface area (Å²) in [6.45, 7) is 6.33. The molecule has 1 atom stereocenters. The first-order chi connectivity index (χ1) is 9.19. The van der Waals surface area contributed by atoms with E-state index in [1.165, 1.54) is 0 Å². The van der Waals surface area contributed by atoms with E-state index in [4.69, 9.17) is 5.73 Å². The fourth-order valence-corrected chi connectivity index (χ4v) is 2.33. The van der Waals surface area contributed by atoms with Crippen LogP contribution >= 0.6 is 0 Å². The van der Waals surface area contributed by atoms with Crippen molar-refractivity contribution in [2.45, 2.75) is 46.1 Å². The van der Waals surface area contributed by atoms with Crippen molar-refractivity contribution in [1.29, 1.82) is 0 Å². The van der Waals surface area contributed by atoms with Gasteiger partial charge in [0.2, 0.25) is 0 Å². The van der Waals surface area contributed by atoms with Crippen LogP contribution in [-0.4, -0.2) is 20.2 Å². The van der Waals surface area contributed by atoms with Gasteiger partial charge in [-0.05, 0) is 41.8 Å². The number of hydrogen-bond acceptors (Lipinski definition) is 4. The third-order valence-corrected chi connectivity index (χ3v) is 3.50. The number of tetrazole rings is 1. The zero-order valence-electron chi connectivity index (χ0n) is 11.8. The van der Waals surface area contributed by atoms with Gasteiger partial charge in [0.25, 0.3) is 0 Å². The Bertz CT molecular complexity index is 547. The number of aryl methyl sites for hydroxylation is 1. The lowest BCUT2D eigenvalue weighted by Gasteiger charge is -2.16. The molecule has 0 saturated heterocycles. The lowest BCUT2D eigenvalue weighted by Crippen LogP contribution is -2.12.